The second-order valence-electron chi connectivity index (χ2n) is 6.76. The Hall–Kier alpha value is -3.24. The average molecular weight is 388 g/mol. The number of aromatic nitrogens is 3. The monoisotopic (exact) mass is 387 g/mol. The standard InChI is InChI=1S/C23H15ClFN3/c1-14-6-8-15(9-7-14)22-18-13-26-21-5-3-2-4-17(21)23(18)28(27-22)16-10-11-20(25)19(24)12-16/h2-13H,1H3. The number of para-hydroxylation sites is 1. The van der Waals surface area contributed by atoms with Crippen molar-refractivity contribution in [1.82, 2.24) is 14.8 Å². The lowest BCUT2D eigenvalue weighted by atomic mass is 10.1. The lowest BCUT2D eigenvalue weighted by molar-refractivity contribution is 0.627. The molecular weight excluding hydrogens is 373 g/mol. The topological polar surface area (TPSA) is 30.7 Å². The van der Waals surface area contributed by atoms with E-state index in [0.29, 0.717) is 5.69 Å². The van der Waals surface area contributed by atoms with Gasteiger partial charge in [-0.3, -0.25) is 4.98 Å². The summed E-state index contributed by atoms with van der Waals surface area (Å²) < 4.78 is 15.5. The van der Waals surface area contributed by atoms with Gasteiger partial charge in [-0.15, -0.1) is 0 Å². The average Bonchev–Trinajstić information content (AvgIpc) is 3.11. The maximum Gasteiger partial charge on any atom is 0.141 e. The number of aryl methyl sites for hydroxylation is 1. The lowest BCUT2D eigenvalue weighted by Gasteiger charge is -2.06. The van der Waals surface area contributed by atoms with Crippen molar-refractivity contribution in [1.29, 1.82) is 0 Å². The molecule has 0 aliphatic rings. The van der Waals surface area contributed by atoms with Gasteiger partial charge < -0.3 is 0 Å². The molecule has 5 rings (SSSR count). The Bertz CT molecular complexity index is 1340. The molecule has 0 saturated heterocycles. The van der Waals surface area contributed by atoms with E-state index in [4.69, 9.17) is 16.7 Å². The second-order valence-corrected chi connectivity index (χ2v) is 7.17. The summed E-state index contributed by atoms with van der Waals surface area (Å²) in [7, 11) is 0. The molecule has 3 nitrogen and oxygen atoms in total. The van der Waals surface area contributed by atoms with Gasteiger partial charge in [-0.25, -0.2) is 9.07 Å². The zero-order chi connectivity index (χ0) is 19.3. The molecule has 0 unspecified atom stereocenters. The third-order valence-electron chi connectivity index (χ3n) is 4.89. The van der Waals surface area contributed by atoms with Crippen molar-refractivity contribution in [2.75, 3.05) is 0 Å². The van der Waals surface area contributed by atoms with Crippen LogP contribution in [-0.2, 0) is 0 Å². The molecule has 0 bridgehead atoms. The van der Waals surface area contributed by atoms with E-state index in [-0.39, 0.29) is 5.02 Å². The van der Waals surface area contributed by atoms with Crippen molar-refractivity contribution in [2.45, 2.75) is 6.92 Å². The number of pyridine rings is 1. The van der Waals surface area contributed by atoms with E-state index in [2.05, 4.69) is 24.0 Å². The second kappa shape index (κ2) is 6.43. The van der Waals surface area contributed by atoms with Crippen molar-refractivity contribution in [3.63, 3.8) is 0 Å². The molecule has 0 N–H and O–H groups in total. The normalized spacial score (nSPS) is 11.4. The van der Waals surface area contributed by atoms with E-state index in [1.54, 1.807) is 12.1 Å². The molecule has 2 aromatic heterocycles. The number of hydrogen-bond donors (Lipinski definition) is 0. The minimum atomic E-state index is -0.452. The third-order valence-corrected chi connectivity index (χ3v) is 5.18. The molecule has 0 aliphatic heterocycles. The number of fused-ring (bicyclic) bond motifs is 3. The summed E-state index contributed by atoms with van der Waals surface area (Å²) in [5.41, 5.74) is 5.50. The van der Waals surface area contributed by atoms with Crippen molar-refractivity contribution in [3.05, 3.63) is 89.3 Å². The van der Waals surface area contributed by atoms with Crippen molar-refractivity contribution in [3.8, 4) is 16.9 Å². The van der Waals surface area contributed by atoms with Gasteiger partial charge in [-0.2, -0.15) is 5.10 Å². The van der Waals surface area contributed by atoms with Crippen LogP contribution in [0.3, 0.4) is 0 Å². The Labute approximate surface area is 166 Å². The first-order valence-electron chi connectivity index (χ1n) is 8.91. The fourth-order valence-corrected chi connectivity index (χ4v) is 3.64. The molecule has 0 atom stereocenters. The number of hydrogen-bond acceptors (Lipinski definition) is 2. The summed E-state index contributed by atoms with van der Waals surface area (Å²) >= 11 is 6.05. The maximum atomic E-state index is 13.7. The Morgan fingerprint density at radius 1 is 0.929 bits per heavy atom. The summed E-state index contributed by atoms with van der Waals surface area (Å²) in [4.78, 5) is 4.61. The molecule has 28 heavy (non-hydrogen) atoms. The minimum Gasteiger partial charge on any atom is -0.255 e. The van der Waals surface area contributed by atoms with Crippen LogP contribution in [0, 0.1) is 12.7 Å². The van der Waals surface area contributed by atoms with Gasteiger partial charge in [-0.05, 0) is 31.2 Å². The zero-order valence-corrected chi connectivity index (χ0v) is 15.8. The van der Waals surface area contributed by atoms with Gasteiger partial charge in [0.25, 0.3) is 0 Å². The predicted octanol–water partition coefficient (Wildman–Crippen LogP) is 6.34. The summed E-state index contributed by atoms with van der Waals surface area (Å²) in [5, 5.41) is 6.85. The van der Waals surface area contributed by atoms with Crippen LogP contribution in [0.25, 0.3) is 38.8 Å². The van der Waals surface area contributed by atoms with Crippen LogP contribution in [0.1, 0.15) is 5.56 Å². The Morgan fingerprint density at radius 2 is 1.71 bits per heavy atom. The van der Waals surface area contributed by atoms with Gasteiger partial charge in [0, 0.05) is 22.5 Å². The summed E-state index contributed by atoms with van der Waals surface area (Å²) in [6.45, 7) is 2.05. The zero-order valence-electron chi connectivity index (χ0n) is 15.0. The number of nitrogens with zero attached hydrogens (tertiary/aromatic N) is 3. The molecule has 0 spiro atoms. The number of halogens is 2. The van der Waals surface area contributed by atoms with Gasteiger partial charge in [0.15, 0.2) is 0 Å². The molecule has 5 heteroatoms. The van der Waals surface area contributed by atoms with Gasteiger partial charge in [0.05, 0.1) is 21.7 Å². The highest BCUT2D eigenvalue weighted by Crippen LogP contribution is 2.34. The van der Waals surface area contributed by atoms with Crippen molar-refractivity contribution in [2.24, 2.45) is 0 Å². The van der Waals surface area contributed by atoms with Crippen LogP contribution in [0.2, 0.25) is 5.02 Å². The first kappa shape index (κ1) is 16.9. The fraction of sp³-hybridized carbons (Fsp3) is 0.0435. The van der Waals surface area contributed by atoms with Gasteiger partial charge in [-0.1, -0.05) is 59.6 Å². The summed E-state index contributed by atoms with van der Waals surface area (Å²) in [6.07, 6.45) is 1.85. The number of benzene rings is 3. The van der Waals surface area contributed by atoms with Crippen LogP contribution in [0.4, 0.5) is 4.39 Å². The molecule has 3 aromatic carbocycles. The van der Waals surface area contributed by atoms with E-state index in [0.717, 1.165) is 33.1 Å². The highest BCUT2D eigenvalue weighted by atomic mass is 35.5. The van der Waals surface area contributed by atoms with Crippen LogP contribution < -0.4 is 0 Å². The molecule has 5 aromatic rings. The Kier molecular flexibility index (Phi) is 3.88. The van der Waals surface area contributed by atoms with Crippen molar-refractivity contribution < 1.29 is 4.39 Å². The van der Waals surface area contributed by atoms with Crippen LogP contribution >= 0.6 is 11.6 Å². The van der Waals surface area contributed by atoms with Crippen LogP contribution in [-0.4, -0.2) is 14.8 Å². The SMILES string of the molecule is Cc1ccc(-c2nn(-c3ccc(F)c(Cl)c3)c3c2cnc2ccccc23)cc1. The molecule has 2 heterocycles. The molecular formula is C23H15ClFN3. The van der Waals surface area contributed by atoms with E-state index in [1.807, 2.05) is 47.3 Å². The van der Waals surface area contributed by atoms with Crippen LogP contribution in [0.15, 0.2) is 72.9 Å². The smallest absolute Gasteiger partial charge is 0.141 e. The number of rotatable bonds is 2. The quantitative estimate of drug-likeness (QED) is 0.353. The fourth-order valence-electron chi connectivity index (χ4n) is 3.46. The van der Waals surface area contributed by atoms with Gasteiger partial charge in [0.1, 0.15) is 11.5 Å². The molecule has 0 amide bonds. The van der Waals surface area contributed by atoms with E-state index in [9.17, 15) is 4.39 Å². The first-order chi connectivity index (χ1) is 13.6. The largest absolute Gasteiger partial charge is 0.255 e. The van der Waals surface area contributed by atoms with Crippen LogP contribution in [0.5, 0.6) is 0 Å². The van der Waals surface area contributed by atoms with Crippen molar-refractivity contribution >= 4 is 33.4 Å². The van der Waals surface area contributed by atoms with E-state index >= 15 is 0 Å². The molecule has 136 valence electrons. The molecule has 0 fully saturated rings. The summed E-state index contributed by atoms with van der Waals surface area (Å²) in [6, 6.07) is 20.8. The minimum absolute atomic E-state index is 0.0661. The molecule has 0 aliphatic carbocycles. The Balaban J connectivity index is 1.89. The summed E-state index contributed by atoms with van der Waals surface area (Å²) in [5.74, 6) is -0.452. The van der Waals surface area contributed by atoms with Gasteiger partial charge in [0.2, 0.25) is 0 Å². The predicted molar refractivity (Wildman–Crippen MR) is 112 cm³/mol. The highest BCUT2D eigenvalue weighted by Gasteiger charge is 2.17. The van der Waals surface area contributed by atoms with E-state index in [1.165, 1.54) is 11.6 Å². The molecule has 0 radical (unpaired) electrons. The first-order valence-corrected chi connectivity index (χ1v) is 9.28. The lowest BCUT2D eigenvalue weighted by Crippen LogP contribution is -1.98. The molecule has 0 saturated carbocycles. The Morgan fingerprint density at radius 3 is 2.50 bits per heavy atom. The highest BCUT2D eigenvalue weighted by molar-refractivity contribution is 6.30. The third kappa shape index (κ3) is 2.65. The van der Waals surface area contributed by atoms with E-state index < -0.39 is 5.82 Å². The van der Waals surface area contributed by atoms with Gasteiger partial charge >= 0.3 is 0 Å². The maximum absolute atomic E-state index is 13.7.